The van der Waals surface area contributed by atoms with E-state index in [-0.39, 0.29) is 24.9 Å². The Morgan fingerprint density at radius 2 is 2.21 bits per heavy atom. The van der Waals surface area contributed by atoms with E-state index in [0.29, 0.717) is 30.1 Å². The zero-order valence-corrected chi connectivity index (χ0v) is 19.3. The van der Waals surface area contributed by atoms with Crippen LogP contribution in [0.4, 0.5) is 9.80 Å². The van der Waals surface area contributed by atoms with Crippen molar-refractivity contribution in [2.24, 2.45) is 7.05 Å². The molecule has 0 aromatic carbocycles. The number of amides is 2. The number of aromatic nitrogens is 3. The second-order valence-corrected chi connectivity index (χ2v) is 9.09. The summed E-state index contributed by atoms with van der Waals surface area (Å²) < 4.78 is 7.22. The lowest BCUT2D eigenvalue weighted by Gasteiger charge is -2.26. The number of aryl methyl sites for hydroxylation is 1. The average molecular weight is 465 g/mol. The highest BCUT2D eigenvalue weighted by Gasteiger charge is 2.28. The number of fused-ring (bicyclic) bond motifs is 1. The molecule has 1 atom stereocenters. The number of imidazole rings is 1. The highest BCUT2D eigenvalue weighted by molar-refractivity contribution is 7.16. The molecule has 0 fully saturated rings. The van der Waals surface area contributed by atoms with Crippen LogP contribution in [0.2, 0.25) is 0 Å². The number of thiophene rings is 1. The van der Waals surface area contributed by atoms with Gasteiger partial charge in [-0.1, -0.05) is 13.0 Å². The van der Waals surface area contributed by atoms with Crippen LogP contribution in [0.3, 0.4) is 0 Å². The minimum atomic E-state index is -0.412. The van der Waals surface area contributed by atoms with Gasteiger partial charge in [-0.2, -0.15) is 5.26 Å². The van der Waals surface area contributed by atoms with E-state index >= 15 is 0 Å². The van der Waals surface area contributed by atoms with Crippen molar-refractivity contribution < 1.29 is 14.3 Å². The molecule has 9 nitrogen and oxygen atoms in total. The van der Waals surface area contributed by atoms with E-state index in [9.17, 15) is 14.9 Å². The SMILES string of the molecule is C[C@@H](CC(=O)Nc1sc2c(c1C#N)CCN(C(=O)OCc1cncn1C)C2)c1cccnc1. The van der Waals surface area contributed by atoms with Crippen LogP contribution in [0, 0.1) is 11.3 Å². The minimum Gasteiger partial charge on any atom is -0.443 e. The molecule has 0 saturated heterocycles. The molecule has 170 valence electrons. The second kappa shape index (κ2) is 9.83. The number of pyridine rings is 1. The number of carbonyl (C=O) groups is 2. The number of carbonyl (C=O) groups excluding carboxylic acids is 2. The number of nitrogens with one attached hydrogen (secondary N) is 1. The Balaban J connectivity index is 1.40. The molecular weight excluding hydrogens is 440 g/mol. The molecule has 3 aromatic heterocycles. The van der Waals surface area contributed by atoms with E-state index < -0.39 is 6.09 Å². The number of anilines is 1. The summed E-state index contributed by atoms with van der Waals surface area (Å²) in [7, 11) is 1.84. The lowest BCUT2D eigenvalue weighted by Crippen LogP contribution is -2.35. The number of hydrogen-bond acceptors (Lipinski definition) is 7. The molecule has 4 rings (SSSR count). The van der Waals surface area contributed by atoms with Gasteiger partial charge in [-0.3, -0.25) is 9.78 Å². The van der Waals surface area contributed by atoms with Crippen LogP contribution in [0.1, 0.15) is 46.5 Å². The Labute approximate surface area is 195 Å². The fourth-order valence-corrected chi connectivity index (χ4v) is 4.99. The van der Waals surface area contributed by atoms with Gasteiger partial charge in [0.15, 0.2) is 0 Å². The molecule has 0 aliphatic carbocycles. The first-order valence-corrected chi connectivity index (χ1v) is 11.4. The van der Waals surface area contributed by atoms with Crippen LogP contribution < -0.4 is 5.32 Å². The number of ether oxygens (including phenoxy) is 1. The highest BCUT2D eigenvalue weighted by Crippen LogP contribution is 2.37. The van der Waals surface area contributed by atoms with Crippen molar-refractivity contribution in [3.05, 3.63) is 64.3 Å². The first kappa shape index (κ1) is 22.5. The van der Waals surface area contributed by atoms with Gasteiger partial charge in [0.1, 0.15) is 17.7 Å². The summed E-state index contributed by atoms with van der Waals surface area (Å²) in [6.45, 7) is 2.91. The van der Waals surface area contributed by atoms with Gasteiger partial charge in [0, 0.05) is 37.3 Å². The van der Waals surface area contributed by atoms with Gasteiger partial charge >= 0.3 is 6.09 Å². The number of rotatable bonds is 6. The minimum absolute atomic E-state index is 0.00325. The zero-order chi connectivity index (χ0) is 23.4. The van der Waals surface area contributed by atoms with E-state index in [4.69, 9.17) is 4.74 Å². The molecule has 1 N–H and O–H groups in total. The van der Waals surface area contributed by atoms with Crippen molar-refractivity contribution >= 4 is 28.3 Å². The third kappa shape index (κ3) is 5.04. The number of nitrogens with zero attached hydrogens (tertiary/aromatic N) is 5. The summed E-state index contributed by atoms with van der Waals surface area (Å²) >= 11 is 1.35. The monoisotopic (exact) mass is 464 g/mol. The van der Waals surface area contributed by atoms with Gasteiger partial charge in [-0.25, -0.2) is 9.78 Å². The lowest BCUT2D eigenvalue weighted by atomic mass is 9.99. The summed E-state index contributed by atoms with van der Waals surface area (Å²) in [5.74, 6) is -0.155. The molecule has 1 aliphatic heterocycles. The number of nitriles is 1. The largest absolute Gasteiger partial charge is 0.443 e. The summed E-state index contributed by atoms with van der Waals surface area (Å²) in [6.07, 6.45) is 7.17. The van der Waals surface area contributed by atoms with E-state index in [2.05, 4.69) is 21.4 Å². The quantitative estimate of drug-likeness (QED) is 0.597. The molecule has 0 bridgehead atoms. The lowest BCUT2D eigenvalue weighted by molar-refractivity contribution is -0.116. The maximum atomic E-state index is 12.6. The molecule has 0 radical (unpaired) electrons. The summed E-state index contributed by atoms with van der Waals surface area (Å²) in [6, 6.07) is 6.02. The molecule has 0 unspecified atom stereocenters. The Bertz CT molecular complexity index is 1200. The normalized spacial score (nSPS) is 13.7. The molecule has 1 aliphatic rings. The number of hydrogen-bond donors (Lipinski definition) is 1. The van der Waals surface area contributed by atoms with Crippen molar-refractivity contribution in [2.45, 2.75) is 38.8 Å². The van der Waals surface area contributed by atoms with Gasteiger partial charge in [0.25, 0.3) is 0 Å². The van der Waals surface area contributed by atoms with E-state index in [1.807, 2.05) is 26.1 Å². The van der Waals surface area contributed by atoms with Crippen LogP contribution in [0.5, 0.6) is 0 Å². The van der Waals surface area contributed by atoms with Crippen LogP contribution in [0.25, 0.3) is 0 Å². The fraction of sp³-hybridized carbons (Fsp3) is 0.348. The Morgan fingerprint density at radius 1 is 1.36 bits per heavy atom. The molecule has 4 heterocycles. The van der Waals surface area contributed by atoms with E-state index in [0.717, 1.165) is 21.7 Å². The average Bonchev–Trinajstić information content (AvgIpc) is 3.39. The van der Waals surface area contributed by atoms with Crippen molar-refractivity contribution in [3.8, 4) is 6.07 Å². The Kier molecular flexibility index (Phi) is 6.70. The molecule has 10 heteroatoms. The maximum Gasteiger partial charge on any atom is 0.410 e. The molecule has 2 amide bonds. The predicted molar refractivity (Wildman–Crippen MR) is 122 cm³/mol. The molecule has 3 aromatic rings. The standard InChI is InChI=1S/C23H24N6O3S/c1-15(16-4-3-6-25-10-16)8-21(30)27-22-19(9-24)18-5-7-29(12-20(18)33-22)23(31)32-13-17-11-26-14-28(17)2/h3-4,6,10-11,14-15H,5,7-8,12-13H2,1-2H3,(H,27,30)/t15-/m0/s1. The molecule has 0 saturated carbocycles. The highest BCUT2D eigenvalue weighted by atomic mass is 32.1. The van der Waals surface area contributed by atoms with E-state index in [1.54, 1.807) is 34.4 Å². The van der Waals surface area contributed by atoms with Gasteiger partial charge in [0.05, 0.1) is 30.3 Å². The molecular formula is C23H24N6O3S. The van der Waals surface area contributed by atoms with Crippen LogP contribution in [-0.2, 0) is 36.2 Å². The Morgan fingerprint density at radius 3 is 2.91 bits per heavy atom. The van der Waals surface area contributed by atoms with Crippen molar-refractivity contribution in [2.75, 3.05) is 11.9 Å². The van der Waals surface area contributed by atoms with E-state index in [1.165, 1.54) is 11.3 Å². The van der Waals surface area contributed by atoms with Crippen LogP contribution in [0.15, 0.2) is 37.1 Å². The predicted octanol–water partition coefficient (Wildman–Crippen LogP) is 3.58. The van der Waals surface area contributed by atoms with Gasteiger partial charge in [-0.15, -0.1) is 11.3 Å². The first-order valence-electron chi connectivity index (χ1n) is 10.6. The molecule has 33 heavy (non-hydrogen) atoms. The fourth-order valence-electron chi connectivity index (χ4n) is 3.76. The Hall–Kier alpha value is -3.71. The first-order chi connectivity index (χ1) is 16.0. The topological polar surface area (TPSA) is 113 Å². The third-order valence-electron chi connectivity index (χ3n) is 5.68. The summed E-state index contributed by atoms with van der Waals surface area (Å²) in [5, 5.41) is 13.2. The zero-order valence-electron chi connectivity index (χ0n) is 18.4. The smallest absolute Gasteiger partial charge is 0.410 e. The van der Waals surface area contributed by atoms with Crippen molar-refractivity contribution in [1.82, 2.24) is 19.4 Å². The maximum absolute atomic E-state index is 12.6. The van der Waals surface area contributed by atoms with Gasteiger partial charge < -0.3 is 19.5 Å². The van der Waals surface area contributed by atoms with Crippen LogP contribution in [-0.4, -0.2) is 38.0 Å². The summed E-state index contributed by atoms with van der Waals surface area (Å²) in [4.78, 5) is 35.8. The van der Waals surface area contributed by atoms with Crippen molar-refractivity contribution in [3.63, 3.8) is 0 Å². The molecule has 0 spiro atoms. The third-order valence-corrected chi connectivity index (χ3v) is 6.82. The second-order valence-electron chi connectivity index (χ2n) is 7.98. The van der Waals surface area contributed by atoms with Crippen molar-refractivity contribution in [1.29, 1.82) is 5.26 Å². The van der Waals surface area contributed by atoms with Crippen LogP contribution >= 0.6 is 11.3 Å². The van der Waals surface area contributed by atoms with Gasteiger partial charge in [-0.05, 0) is 29.5 Å². The summed E-state index contributed by atoms with van der Waals surface area (Å²) in [5.41, 5.74) is 3.17. The van der Waals surface area contributed by atoms with Gasteiger partial charge in [0.2, 0.25) is 5.91 Å².